The second kappa shape index (κ2) is 7.53. The molecule has 4 rings (SSSR count). The number of rotatable bonds is 3. The van der Waals surface area contributed by atoms with Crippen LogP contribution in [0.1, 0.15) is 47.5 Å². The number of piperazine rings is 1. The molecule has 7 heteroatoms. The molecule has 1 aliphatic heterocycles. The molecule has 1 aliphatic rings. The summed E-state index contributed by atoms with van der Waals surface area (Å²) < 4.78 is 1.89. The van der Waals surface area contributed by atoms with Gasteiger partial charge in [-0.3, -0.25) is 4.79 Å². The Kier molecular flexibility index (Phi) is 5.08. The highest BCUT2D eigenvalue weighted by atomic mass is 35.5. The molecule has 1 N–H and O–H groups in total. The molecule has 0 bridgehead atoms. The van der Waals surface area contributed by atoms with E-state index >= 15 is 0 Å². The van der Waals surface area contributed by atoms with Crippen molar-refractivity contribution in [1.29, 1.82) is 0 Å². The maximum absolute atomic E-state index is 13.5. The van der Waals surface area contributed by atoms with E-state index in [1.165, 1.54) is 0 Å². The van der Waals surface area contributed by atoms with Crippen LogP contribution in [-0.2, 0) is 0 Å². The van der Waals surface area contributed by atoms with Gasteiger partial charge in [-0.05, 0) is 44.5 Å². The normalized spacial score (nSPS) is 17.5. The Hall–Kier alpha value is -2.44. The molecule has 0 saturated carbocycles. The van der Waals surface area contributed by atoms with E-state index in [-0.39, 0.29) is 18.0 Å². The molecule has 0 radical (unpaired) electrons. The van der Waals surface area contributed by atoms with Crippen molar-refractivity contribution in [2.45, 2.75) is 32.9 Å². The number of aromatic nitrogens is 3. The molecule has 1 fully saturated rings. The highest BCUT2D eigenvalue weighted by Crippen LogP contribution is 2.28. The first-order chi connectivity index (χ1) is 13.5. The second-order valence-corrected chi connectivity index (χ2v) is 7.93. The van der Waals surface area contributed by atoms with E-state index in [9.17, 15) is 4.79 Å². The van der Waals surface area contributed by atoms with Crippen molar-refractivity contribution in [2.75, 3.05) is 19.6 Å². The number of hydrogen-bond acceptors (Lipinski definition) is 4. The molecule has 28 heavy (non-hydrogen) atoms. The number of amides is 1. The summed E-state index contributed by atoms with van der Waals surface area (Å²) in [6.45, 7) is 8.13. The molecule has 3 aromatic rings. The molecule has 0 spiro atoms. The molecule has 6 nitrogen and oxygen atoms in total. The van der Waals surface area contributed by atoms with Gasteiger partial charge < -0.3 is 10.2 Å². The number of carbonyl (C=O) groups excluding carboxylic acids is 1. The minimum atomic E-state index is -0.0616. The molecule has 0 aliphatic carbocycles. The lowest BCUT2D eigenvalue weighted by molar-refractivity contribution is 0.0633. The van der Waals surface area contributed by atoms with Crippen molar-refractivity contribution in [3.05, 3.63) is 58.4 Å². The fourth-order valence-electron chi connectivity index (χ4n) is 3.77. The van der Waals surface area contributed by atoms with Crippen LogP contribution in [0.4, 0.5) is 0 Å². The minimum Gasteiger partial charge on any atom is -0.329 e. The molecule has 1 amide bonds. The fourth-order valence-corrected chi connectivity index (χ4v) is 3.97. The fraction of sp³-hybridized carbons (Fsp3) is 0.381. The zero-order valence-electron chi connectivity index (χ0n) is 16.3. The highest BCUT2D eigenvalue weighted by Gasteiger charge is 2.30. The maximum atomic E-state index is 13.5. The second-order valence-electron chi connectivity index (χ2n) is 7.49. The first-order valence-corrected chi connectivity index (χ1v) is 9.95. The van der Waals surface area contributed by atoms with Gasteiger partial charge in [0.05, 0.1) is 23.5 Å². The third-order valence-electron chi connectivity index (χ3n) is 5.22. The van der Waals surface area contributed by atoms with Crippen LogP contribution >= 0.6 is 11.6 Å². The summed E-state index contributed by atoms with van der Waals surface area (Å²) in [6, 6.07) is 9.80. The van der Waals surface area contributed by atoms with Gasteiger partial charge >= 0.3 is 0 Å². The zero-order chi connectivity index (χ0) is 19.8. The average molecular weight is 398 g/mol. The van der Waals surface area contributed by atoms with Crippen molar-refractivity contribution in [3.63, 3.8) is 0 Å². The molecule has 2 aromatic heterocycles. The van der Waals surface area contributed by atoms with Crippen molar-refractivity contribution in [3.8, 4) is 0 Å². The number of aryl methyl sites for hydroxylation is 1. The van der Waals surface area contributed by atoms with E-state index in [1.54, 1.807) is 6.20 Å². The van der Waals surface area contributed by atoms with Crippen LogP contribution < -0.4 is 5.32 Å². The Labute approximate surface area is 169 Å². The van der Waals surface area contributed by atoms with Crippen molar-refractivity contribution < 1.29 is 4.79 Å². The summed E-state index contributed by atoms with van der Waals surface area (Å²) in [4.78, 5) is 20.1. The summed E-state index contributed by atoms with van der Waals surface area (Å²) >= 11 is 6.18. The number of fused-ring (bicyclic) bond motifs is 1. The monoisotopic (exact) mass is 397 g/mol. The van der Waals surface area contributed by atoms with E-state index in [4.69, 9.17) is 16.6 Å². The largest absolute Gasteiger partial charge is 0.329 e. The zero-order valence-corrected chi connectivity index (χ0v) is 17.1. The number of nitrogens with one attached hydrogen (secondary N) is 1. The van der Waals surface area contributed by atoms with E-state index < -0.39 is 0 Å². The Morgan fingerprint density at radius 2 is 2.14 bits per heavy atom. The van der Waals surface area contributed by atoms with Crippen LogP contribution in [0.15, 0.2) is 36.5 Å². The molecule has 1 saturated heterocycles. The third kappa shape index (κ3) is 3.38. The number of carbonyl (C=O) groups is 1. The Balaban J connectivity index is 1.72. The number of hydrogen-bond donors (Lipinski definition) is 1. The number of benzene rings is 1. The SMILES string of the molecule is Cc1nc2c(cnn2C(C)C)cc1C(=O)N1CCNCC1c1cccc(Cl)c1. The van der Waals surface area contributed by atoms with Gasteiger partial charge in [0.15, 0.2) is 5.65 Å². The predicted molar refractivity (Wildman–Crippen MR) is 111 cm³/mol. The average Bonchev–Trinajstić information content (AvgIpc) is 3.10. The quantitative estimate of drug-likeness (QED) is 0.730. The van der Waals surface area contributed by atoms with Crippen LogP contribution in [0.2, 0.25) is 5.02 Å². The maximum Gasteiger partial charge on any atom is 0.256 e. The Bertz CT molecular complexity index is 1030. The number of pyridine rings is 1. The van der Waals surface area contributed by atoms with Gasteiger partial charge in [0.25, 0.3) is 5.91 Å². The lowest BCUT2D eigenvalue weighted by Gasteiger charge is -2.37. The summed E-state index contributed by atoms with van der Waals surface area (Å²) in [6.07, 6.45) is 1.78. The summed E-state index contributed by atoms with van der Waals surface area (Å²) in [5, 5.41) is 9.37. The van der Waals surface area contributed by atoms with Gasteiger partial charge in [-0.2, -0.15) is 5.10 Å². The van der Waals surface area contributed by atoms with Crippen LogP contribution in [0, 0.1) is 6.92 Å². The molecule has 1 unspecified atom stereocenters. The third-order valence-corrected chi connectivity index (χ3v) is 5.45. The van der Waals surface area contributed by atoms with Crippen molar-refractivity contribution >= 4 is 28.5 Å². The van der Waals surface area contributed by atoms with Gasteiger partial charge in [-0.25, -0.2) is 9.67 Å². The van der Waals surface area contributed by atoms with Crippen LogP contribution in [-0.4, -0.2) is 45.2 Å². The van der Waals surface area contributed by atoms with E-state index in [2.05, 4.69) is 24.3 Å². The standard InChI is InChI=1S/C21H24ClN5O/c1-13(2)27-20-16(11-24-27)10-18(14(3)25-20)21(28)26-8-7-23-12-19(26)15-5-4-6-17(22)9-15/h4-6,9-11,13,19,23H,7-8,12H2,1-3H3. The minimum absolute atomic E-state index is 0.00401. The summed E-state index contributed by atoms with van der Waals surface area (Å²) in [5.41, 5.74) is 3.20. The molecule has 1 atom stereocenters. The molecular weight excluding hydrogens is 374 g/mol. The smallest absolute Gasteiger partial charge is 0.256 e. The van der Waals surface area contributed by atoms with Crippen molar-refractivity contribution in [1.82, 2.24) is 25.0 Å². The predicted octanol–water partition coefficient (Wildman–Crippen LogP) is 3.76. The van der Waals surface area contributed by atoms with Crippen LogP contribution in [0.3, 0.4) is 0 Å². The van der Waals surface area contributed by atoms with Gasteiger partial charge in [0, 0.05) is 36.1 Å². The van der Waals surface area contributed by atoms with Crippen molar-refractivity contribution in [2.24, 2.45) is 0 Å². The van der Waals surface area contributed by atoms with Gasteiger partial charge in [0.2, 0.25) is 0 Å². The first kappa shape index (κ1) is 18.9. The molecule has 1 aromatic carbocycles. The topological polar surface area (TPSA) is 63.1 Å². The lowest BCUT2D eigenvalue weighted by atomic mass is 10.0. The molecular formula is C21H24ClN5O. The van der Waals surface area contributed by atoms with E-state index in [1.807, 2.05) is 46.8 Å². The van der Waals surface area contributed by atoms with Gasteiger partial charge in [0.1, 0.15) is 0 Å². The van der Waals surface area contributed by atoms with Gasteiger partial charge in [-0.15, -0.1) is 0 Å². The number of halogens is 1. The highest BCUT2D eigenvalue weighted by molar-refractivity contribution is 6.30. The number of nitrogens with zero attached hydrogens (tertiary/aromatic N) is 4. The Morgan fingerprint density at radius 3 is 2.89 bits per heavy atom. The summed E-state index contributed by atoms with van der Waals surface area (Å²) in [5.74, 6) is -0.00401. The Morgan fingerprint density at radius 1 is 1.32 bits per heavy atom. The molecule has 3 heterocycles. The molecule has 146 valence electrons. The van der Waals surface area contributed by atoms with Gasteiger partial charge in [-0.1, -0.05) is 23.7 Å². The first-order valence-electron chi connectivity index (χ1n) is 9.57. The van der Waals surface area contributed by atoms with Crippen LogP contribution in [0.25, 0.3) is 11.0 Å². The van der Waals surface area contributed by atoms with E-state index in [0.29, 0.717) is 23.7 Å². The summed E-state index contributed by atoms with van der Waals surface area (Å²) in [7, 11) is 0. The van der Waals surface area contributed by atoms with Crippen LogP contribution in [0.5, 0.6) is 0 Å². The lowest BCUT2D eigenvalue weighted by Crippen LogP contribution is -2.48. The van der Waals surface area contributed by atoms with E-state index in [0.717, 1.165) is 28.8 Å².